The molecule has 0 aliphatic rings. The molecule has 6 heteroatoms. The average molecular weight is 278 g/mol. The minimum atomic E-state index is -0.242. The van der Waals surface area contributed by atoms with Crippen molar-refractivity contribution in [1.29, 1.82) is 0 Å². The highest BCUT2D eigenvalue weighted by atomic mass is 32.1. The number of aromatic amines is 1. The van der Waals surface area contributed by atoms with E-state index in [1.165, 1.54) is 0 Å². The molecule has 4 N–H and O–H groups in total. The third-order valence-electron chi connectivity index (χ3n) is 3.01. The van der Waals surface area contributed by atoms with E-state index >= 15 is 0 Å². The van der Waals surface area contributed by atoms with Gasteiger partial charge in [0.05, 0.1) is 17.4 Å². The lowest BCUT2D eigenvalue weighted by Crippen LogP contribution is -2.31. The van der Waals surface area contributed by atoms with Crippen LogP contribution in [0.3, 0.4) is 0 Å². The molecule has 2 aromatic heterocycles. The minimum Gasteiger partial charge on any atom is -0.395 e. The molecule has 0 aromatic carbocycles. The van der Waals surface area contributed by atoms with E-state index in [2.05, 4.69) is 29.4 Å². The Kier molecular flexibility index (Phi) is 3.90. The van der Waals surface area contributed by atoms with E-state index < -0.39 is 0 Å². The van der Waals surface area contributed by atoms with Gasteiger partial charge in [-0.3, -0.25) is 9.89 Å². The fraction of sp³-hybridized carbons (Fsp3) is 0.385. The van der Waals surface area contributed by atoms with Gasteiger partial charge in [-0.1, -0.05) is 19.9 Å². The van der Waals surface area contributed by atoms with Gasteiger partial charge in [-0.05, 0) is 24.3 Å². The average Bonchev–Trinajstić information content (AvgIpc) is 2.98. The molecule has 0 aliphatic heterocycles. The van der Waals surface area contributed by atoms with E-state index in [1.807, 2.05) is 17.5 Å². The lowest BCUT2D eigenvalue weighted by atomic mass is 10.0. The molecule has 0 radical (unpaired) electrons. The van der Waals surface area contributed by atoms with Crippen molar-refractivity contribution in [3.05, 3.63) is 33.8 Å². The number of nitrogens with two attached hydrogens (primary N) is 1. The third-order valence-corrected chi connectivity index (χ3v) is 3.97. The number of H-pyrrole nitrogens is 1. The molecule has 0 aliphatic carbocycles. The number of nitrogen functional groups attached to an aromatic ring is 1. The first kappa shape index (κ1) is 13.6. The number of anilines is 1. The van der Waals surface area contributed by atoms with Gasteiger partial charge in [-0.2, -0.15) is 5.10 Å². The van der Waals surface area contributed by atoms with Crippen LogP contribution in [-0.2, 0) is 0 Å². The van der Waals surface area contributed by atoms with E-state index in [4.69, 9.17) is 5.73 Å². The summed E-state index contributed by atoms with van der Waals surface area (Å²) in [5.41, 5.74) is 7.20. The maximum absolute atomic E-state index is 12.2. The van der Waals surface area contributed by atoms with Gasteiger partial charge in [0, 0.05) is 4.88 Å². The fourth-order valence-corrected chi connectivity index (χ4v) is 2.80. The van der Waals surface area contributed by atoms with Gasteiger partial charge >= 0.3 is 0 Å². The molecule has 2 heterocycles. The number of rotatable bonds is 4. The molecule has 2 aromatic rings. The smallest absolute Gasteiger partial charge is 0.274 e. The molecule has 0 fully saturated rings. The molecular weight excluding hydrogens is 260 g/mol. The Balaban J connectivity index is 2.19. The summed E-state index contributed by atoms with van der Waals surface area (Å²) in [6.45, 7) is 5.94. The van der Waals surface area contributed by atoms with Gasteiger partial charge in [-0.15, -0.1) is 11.3 Å². The zero-order valence-electron chi connectivity index (χ0n) is 11.2. The summed E-state index contributed by atoms with van der Waals surface area (Å²) >= 11 is 1.63. The molecule has 0 saturated carbocycles. The topological polar surface area (TPSA) is 83.8 Å². The normalized spacial score (nSPS) is 12.6. The van der Waals surface area contributed by atoms with Gasteiger partial charge in [0.1, 0.15) is 0 Å². The molecule has 1 amide bonds. The second-order valence-corrected chi connectivity index (χ2v) is 5.80. The molecule has 2 rings (SSSR count). The van der Waals surface area contributed by atoms with Crippen molar-refractivity contribution in [1.82, 2.24) is 15.5 Å². The van der Waals surface area contributed by atoms with Crippen LogP contribution in [0.15, 0.2) is 17.5 Å². The molecule has 0 saturated heterocycles. The third kappa shape index (κ3) is 2.78. The summed E-state index contributed by atoms with van der Waals surface area (Å²) in [5.74, 6) is 0.0535. The van der Waals surface area contributed by atoms with Gasteiger partial charge in [0.25, 0.3) is 5.91 Å². The van der Waals surface area contributed by atoms with Gasteiger partial charge in [0.2, 0.25) is 0 Å². The van der Waals surface area contributed by atoms with Crippen LogP contribution in [0.1, 0.15) is 40.9 Å². The number of carbonyl (C=O) groups is 1. The van der Waals surface area contributed by atoms with Crippen molar-refractivity contribution in [2.45, 2.75) is 26.8 Å². The van der Waals surface area contributed by atoms with Crippen molar-refractivity contribution in [3.8, 4) is 0 Å². The van der Waals surface area contributed by atoms with Crippen molar-refractivity contribution in [2.24, 2.45) is 5.92 Å². The Labute approximate surface area is 116 Å². The SMILES string of the molecule is Cc1[nH]nc(C(=O)NC(c2cccs2)C(C)C)c1N. The number of aromatic nitrogens is 2. The van der Waals surface area contributed by atoms with Crippen LogP contribution in [0, 0.1) is 12.8 Å². The predicted molar refractivity (Wildman–Crippen MR) is 77.1 cm³/mol. The highest BCUT2D eigenvalue weighted by Crippen LogP contribution is 2.26. The van der Waals surface area contributed by atoms with E-state index in [0.717, 1.165) is 4.88 Å². The summed E-state index contributed by atoms with van der Waals surface area (Å²) in [6.07, 6.45) is 0. The van der Waals surface area contributed by atoms with Crippen LogP contribution < -0.4 is 11.1 Å². The lowest BCUT2D eigenvalue weighted by Gasteiger charge is -2.20. The van der Waals surface area contributed by atoms with Crippen molar-refractivity contribution >= 4 is 22.9 Å². The number of hydrogen-bond acceptors (Lipinski definition) is 4. The Bertz CT molecular complexity index is 559. The van der Waals surface area contributed by atoms with Crippen LogP contribution in [0.4, 0.5) is 5.69 Å². The quantitative estimate of drug-likeness (QED) is 0.803. The summed E-state index contributed by atoms with van der Waals surface area (Å²) in [4.78, 5) is 13.4. The molecule has 1 atom stereocenters. The van der Waals surface area contributed by atoms with E-state index in [0.29, 0.717) is 17.3 Å². The molecular formula is C13H18N4OS. The highest BCUT2D eigenvalue weighted by molar-refractivity contribution is 7.10. The van der Waals surface area contributed by atoms with Crippen molar-refractivity contribution in [3.63, 3.8) is 0 Å². The zero-order valence-corrected chi connectivity index (χ0v) is 12.0. The summed E-state index contributed by atoms with van der Waals surface area (Å²) in [5, 5.41) is 11.7. The molecule has 19 heavy (non-hydrogen) atoms. The summed E-state index contributed by atoms with van der Waals surface area (Å²) < 4.78 is 0. The molecule has 0 spiro atoms. The van der Waals surface area contributed by atoms with Crippen LogP contribution in [0.25, 0.3) is 0 Å². The van der Waals surface area contributed by atoms with Crippen LogP contribution >= 0.6 is 11.3 Å². The number of carbonyl (C=O) groups excluding carboxylic acids is 1. The number of nitrogens with one attached hydrogen (secondary N) is 2. The first-order chi connectivity index (χ1) is 9.00. The number of hydrogen-bond donors (Lipinski definition) is 3. The second-order valence-electron chi connectivity index (χ2n) is 4.82. The van der Waals surface area contributed by atoms with Crippen LogP contribution in [0.5, 0.6) is 0 Å². The van der Waals surface area contributed by atoms with E-state index in [1.54, 1.807) is 18.3 Å². The molecule has 102 valence electrons. The largest absolute Gasteiger partial charge is 0.395 e. The number of aryl methyl sites for hydroxylation is 1. The minimum absolute atomic E-state index is 0.0242. The summed E-state index contributed by atoms with van der Waals surface area (Å²) in [7, 11) is 0. The lowest BCUT2D eigenvalue weighted by molar-refractivity contribution is 0.0922. The highest BCUT2D eigenvalue weighted by Gasteiger charge is 2.23. The first-order valence-corrected chi connectivity index (χ1v) is 7.03. The van der Waals surface area contributed by atoms with Crippen LogP contribution in [-0.4, -0.2) is 16.1 Å². The zero-order chi connectivity index (χ0) is 14.0. The number of thiophene rings is 1. The van der Waals surface area contributed by atoms with Gasteiger partial charge in [-0.25, -0.2) is 0 Å². The molecule has 0 bridgehead atoms. The Morgan fingerprint density at radius 1 is 1.53 bits per heavy atom. The maximum atomic E-state index is 12.2. The predicted octanol–water partition coefficient (Wildman–Crippen LogP) is 2.49. The summed E-state index contributed by atoms with van der Waals surface area (Å²) in [6, 6.07) is 3.98. The second kappa shape index (κ2) is 5.44. The standard InChI is InChI=1S/C13H18N4OS/c1-7(2)11(9-5-4-6-19-9)15-13(18)12-10(14)8(3)16-17-12/h4-7,11H,14H2,1-3H3,(H,15,18)(H,16,17). The Morgan fingerprint density at radius 2 is 2.26 bits per heavy atom. The van der Waals surface area contributed by atoms with Gasteiger partial charge < -0.3 is 11.1 Å². The van der Waals surface area contributed by atoms with Crippen molar-refractivity contribution < 1.29 is 4.79 Å². The fourth-order valence-electron chi connectivity index (χ4n) is 1.86. The van der Waals surface area contributed by atoms with Gasteiger partial charge in [0.15, 0.2) is 5.69 Å². The van der Waals surface area contributed by atoms with Crippen LogP contribution in [0.2, 0.25) is 0 Å². The van der Waals surface area contributed by atoms with E-state index in [-0.39, 0.29) is 17.6 Å². The number of amides is 1. The molecule has 1 unspecified atom stereocenters. The van der Waals surface area contributed by atoms with E-state index in [9.17, 15) is 4.79 Å². The molecule has 5 nitrogen and oxygen atoms in total. The monoisotopic (exact) mass is 278 g/mol. The Hall–Kier alpha value is -1.82. The Morgan fingerprint density at radius 3 is 2.74 bits per heavy atom. The van der Waals surface area contributed by atoms with Crippen molar-refractivity contribution in [2.75, 3.05) is 5.73 Å². The first-order valence-electron chi connectivity index (χ1n) is 6.15. The maximum Gasteiger partial charge on any atom is 0.274 e. The number of nitrogens with zero attached hydrogens (tertiary/aromatic N) is 1.